The smallest absolute Gasteiger partial charge is 0.226 e. The van der Waals surface area contributed by atoms with Crippen molar-refractivity contribution in [3.05, 3.63) is 24.3 Å². The largest absolute Gasteiger partial charge is 0.497 e. The van der Waals surface area contributed by atoms with Crippen LogP contribution in [0, 0.1) is 0 Å². The summed E-state index contributed by atoms with van der Waals surface area (Å²) in [6.07, 6.45) is 0.478. The van der Waals surface area contributed by atoms with Crippen molar-refractivity contribution in [1.29, 1.82) is 0 Å². The van der Waals surface area contributed by atoms with Crippen LogP contribution in [0.1, 0.15) is 13.3 Å². The molecule has 0 heterocycles. The van der Waals surface area contributed by atoms with Crippen LogP contribution in [-0.2, 0) is 4.79 Å². The molecule has 1 amide bonds. The highest BCUT2D eigenvalue weighted by Crippen LogP contribution is 2.19. The third kappa shape index (κ3) is 2.97. The van der Waals surface area contributed by atoms with Crippen molar-refractivity contribution in [2.24, 2.45) is 5.73 Å². The average Bonchev–Trinajstić information content (AvgIpc) is 2.35. The number of methoxy groups -OCH3 is 1. The average molecular weight is 222 g/mol. The van der Waals surface area contributed by atoms with Crippen LogP contribution in [0.4, 0.5) is 5.69 Å². The fourth-order valence-electron chi connectivity index (χ4n) is 1.48. The van der Waals surface area contributed by atoms with Crippen molar-refractivity contribution in [3.8, 4) is 5.75 Å². The standard InChI is InChI=1S/C12H18N2O2/c1-3-12(15)14(9-8-13)10-4-6-11(16-2)7-5-10/h4-7H,3,8-9,13H2,1-2H3. The van der Waals surface area contributed by atoms with Crippen LogP contribution in [0.3, 0.4) is 0 Å². The van der Waals surface area contributed by atoms with Gasteiger partial charge in [0, 0.05) is 25.2 Å². The lowest BCUT2D eigenvalue weighted by atomic mass is 10.2. The van der Waals surface area contributed by atoms with E-state index in [0.717, 1.165) is 11.4 Å². The second-order valence-corrected chi connectivity index (χ2v) is 3.39. The predicted octanol–water partition coefficient (Wildman–Crippen LogP) is 1.40. The van der Waals surface area contributed by atoms with Gasteiger partial charge in [-0.1, -0.05) is 6.92 Å². The van der Waals surface area contributed by atoms with E-state index < -0.39 is 0 Å². The number of amides is 1. The maximum atomic E-state index is 11.7. The van der Waals surface area contributed by atoms with Gasteiger partial charge in [0.15, 0.2) is 0 Å². The molecule has 0 aromatic heterocycles. The molecular formula is C12H18N2O2. The van der Waals surface area contributed by atoms with Gasteiger partial charge in [-0.3, -0.25) is 4.79 Å². The molecule has 0 aliphatic heterocycles. The van der Waals surface area contributed by atoms with Gasteiger partial charge >= 0.3 is 0 Å². The molecule has 0 radical (unpaired) electrons. The molecule has 2 N–H and O–H groups in total. The molecule has 0 saturated carbocycles. The molecule has 88 valence electrons. The number of ether oxygens (including phenoxy) is 1. The lowest BCUT2D eigenvalue weighted by Gasteiger charge is -2.21. The number of anilines is 1. The highest BCUT2D eigenvalue weighted by Gasteiger charge is 2.12. The minimum atomic E-state index is 0.0793. The first-order valence-electron chi connectivity index (χ1n) is 5.37. The summed E-state index contributed by atoms with van der Waals surface area (Å²) in [5.74, 6) is 0.857. The van der Waals surface area contributed by atoms with Crippen LogP contribution in [0.15, 0.2) is 24.3 Å². The molecule has 0 aliphatic carbocycles. The monoisotopic (exact) mass is 222 g/mol. The van der Waals surface area contributed by atoms with Crippen LogP contribution in [0.25, 0.3) is 0 Å². The van der Waals surface area contributed by atoms with E-state index >= 15 is 0 Å². The summed E-state index contributed by atoms with van der Waals surface area (Å²) >= 11 is 0. The van der Waals surface area contributed by atoms with Gasteiger partial charge in [0.05, 0.1) is 7.11 Å². The second kappa shape index (κ2) is 6.12. The Hall–Kier alpha value is -1.55. The Morgan fingerprint density at radius 2 is 2.00 bits per heavy atom. The molecule has 16 heavy (non-hydrogen) atoms. The van der Waals surface area contributed by atoms with Crippen LogP contribution in [-0.4, -0.2) is 26.1 Å². The zero-order valence-corrected chi connectivity index (χ0v) is 9.77. The Balaban J connectivity index is 2.87. The summed E-state index contributed by atoms with van der Waals surface area (Å²) in [4.78, 5) is 13.4. The Morgan fingerprint density at radius 3 is 2.44 bits per heavy atom. The van der Waals surface area contributed by atoms with Crippen molar-refractivity contribution in [2.75, 3.05) is 25.1 Å². The van der Waals surface area contributed by atoms with Crippen molar-refractivity contribution in [1.82, 2.24) is 0 Å². The van der Waals surface area contributed by atoms with Crippen LogP contribution in [0.5, 0.6) is 5.75 Å². The molecular weight excluding hydrogens is 204 g/mol. The quantitative estimate of drug-likeness (QED) is 0.819. The summed E-state index contributed by atoms with van der Waals surface area (Å²) in [5.41, 5.74) is 6.36. The zero-order valence-electron chi connectivity index (χ0n) is 9.77. The lowest BCUT2D eigenvalue weighted by Crippen LogP contribution is -2.34. The maximum absolute atomic E-state index is 11.7. The highest BCUT2D eigenvalue weighted by atomic mass is 16.5. The van der Waals surface area contributed by atoms with E-state index in [-0.39, 0.29) is 5.91 Å². The molecule has 1 aromatic rings. The summed E-state index contributed by atoms with van der Waals surface area (Å²) in [7, 11) is 1.61. The Bertz CT molecular complexity index is 335. The number of nitrogens with two attached hydrogens (primary N) is 1. The van der Waals surface area contributed by atoms with E-state index in [1.54, 1.807) is 12.0 Å². The lowest BCUT2D eigenvalue weighted by molar-refractivity contribution is -0.118. The fourth-order valence-corrected chi connectivity index (χ4v) is 1.48. The third-order valence-electron chi connectivity index (χ3n) is 2.34. The van der Waals surface area contributed by atoms with Gasteiger partial charge in [0.2, 0.25) is 5.91 Å². The maximum Gasteiger partial charge on any atom is 0.226 e. The molecule has 1 aromatic carbocycles. The van der Waals surface area contributed by atoms with Gasteiger partial charge < -0.3 is 15.4 Å². The number of carbonyl (C=O) groups excluding carboxylic acids is 1. The predicted molar refractivity (Wildman–Crippen MR) is 64.7 cm³/mol. The molecule has 0 bridgehead atoms. The van der Waals surface area contributed by atoms with Crippen LogP contribution < -0.4 is 15.4 Å². The third-order valence-corrected chi connectivity index (χ3v) is 2.34. The molecule has 0 fully saturated rings. The van der Waals surface area contributed by atoms with E-state index in [4.69, 9.17) is 10.5 Å². The fraction of sp³-hybridized carbons (Fsp3) is 0.417. The van der Waals surface area contributed by atoms with Crippen molar-refractivity contribution in [3.63, 3.8) is 0 Å². The molecule has 4 heteroatoms. The first-order valence-corrected chi connectivity index (χ1v) is 5.37. The van der Waals surface area contributed by atoms with Gasteiger partial charge in [0.25, 0.3) is 0 Å². The summed E-state index contributed by atoms with van der Waals surface area (Å²) in [6.45, 7) is 2.84. The number of hydrogen-bond donors (Lipinski definition) is 1. The van der Waals surface area contributed by atoms with E-state index in [2.05, 4.69) is 0 Å². The summed E-state index contributed by atoms with van der Waals surface area (Å²) in [5, 5.41) is 0. The van der Waals surface area contributed by atoms with E-state index in [1.807, 2.05) is 31.2 Å². The number of carbonyl (C=O) groups is 1. The van der Waals surface area contributed by atoms with Gasteiger partial charge in [0.1, 0.15) is 5.75 Å². The molecule has 0 saturated heterocycles. The Morgan fingerprint density at radius 1 is 1.38 bits per heavy atom. The van der Waals surface area contributed by atoms with Gasteiger partial charge in [-0.05, 0) is 24.3 Å². The van der Waals surface area contributed by atoms with Crippen molar-refractivity contribution < 1.29 is 9.53 Å². The Kier molecular flexibility index (Phi) is 4.79. The van der Waals surface area contributed by atoms with Crippen LogP contribution in [0.2, 0.25) is 0 Å². The molecule has 0 aliphatic rings. The number of nitrogens with zero attached hydrogens (tertiary/aromatic N) is 1. The zero-order chi connectivity index (χ0) is 12.0. The van der Waals surface area contributed by atoms with Gasteiger partial charge in [-0.25, -0.2) is 0 Å². The van der Waals surface area contributed by atoms with Gasteiger partial charge in [-0.15, -0.1) is 0 Å². The van der Waals surface area contributed by atoms with E-state index in [1.165, 1.54) is 0 Å². The number of rotatable bonds is 5. The van der Waals surface area contributed by atoms with E-state index in [9.17, 15) is 4.79 Å². The molecule has 0 atom stereocenters. The first-order chi connectivity index (χ1) is 7.72. The normalized spacial score (nSPS) is 9.94. The van der Waals surface area contributed by atoms with Gasteiger partial charge in [-0.2, -0.15) is 0 Å². The van der Waals surface area contributed by atoms with Crippen molar-refractivity contribution >= 4 is 11.6 Å². The van der Waals surface area contributed by atoms with Crippen molar-refractivity contribution in [2.45, 2.75) is 13.3 Å². The van der Waals surface area contributed by atoms with Crippen LogP contribution >= 0.6 is 0 Å². The summed E-state index contributed by atoms with van der Waals surface area (Å²) in [6, 6.07) is 7.40. The van der Waals surface area contributed by atoms with E-state index in [0.29, 0.717) is 19.5 Å². The molecule has 0 spiro atoms. The Labute approximate surface area is 96.0 Å². The molecule has 4 nitrogen and oxygen atoms in total. The number of benzene rings is 1. The number of hydrogen-bond acceptors (Lipinski definition) is 3. The second-order valence-electron chi connectivity index (χ2n) is 3.39. The minimum absolute atomic E-state index is 0.0793. The molecule has 1 rings (SSSR count). The SMILES string of the molecule is CCC(=O)N(CCN)c1ccc(OC)cc1. The highest BCUT2D eigenvalue weighted by molar-refractivity contribution is 5.93. The summed E-state index contributed by atoms with van der Waals surface area (Å²) < 4.78 is 5.07. The minimum Gasteiger partial charge on any atom is -0.497 e. The molecule has 0 unspecified atom stereocenters. The first kappa shape index (κ1) is 12.5. The topological polar surface area (TPSA) is 55.6 Å².